The number of halogens is 2. The number of anilines is 1. The summed E-state index contributed by atoms with van der Waals surface area (Å²) in [6.07, 6.45) is 0.317. The first-order valence-corrected chi connectivity index (χ1v) is 15.3. The molecule has 0 aliphatic heterocycles. The molecule has 0 heterocycles. The second-order valence-corrected chi connectivity index (χ2v) is 12.4. The Morgan fingerprint density at radius 1 is 0.900 bits per heavy atom. The topological polar surface area (TPSA) is 86.8 Å². The van der Waals surface area contributed by atoms with Gasteiger partial charge in [0.25, 0.3) is 10.0 Å². The number of likely N-dealkylation sites (N-methyl/N-ethyl adjacent to an activating group) is 1. The van der Waals surface area contributed by atoms with E-state index in [9.17, 15) is 18.0 Å². The second-order valence-electron chi connectivity index (χ2n) is 9.67. The highest BCUT2D eigenvalue weighted by Gasteiger charge is 2.34. The number of rotatable bonds is 11. The summed E-state index contributed by atoms with van der Waals surface area (Å²) in [6.45, 7) is 9.14. The number of hydrogen-bond donors (Lipinski definition) is 1. The lowest BCUT2D eigenvalue weighted by atomic mass is 10.1. The van der Waals surface area contributed by atoms with Gasteiger partial charge in [0.15, 0.2) is 0 Å². The van der Waals surface area contributed by atoms with E-state index in [1.165, 1.54) is 17.0 Å². The van der Waals surface area contributed by atoms with Crippen molar-refractivity contribution in [3.8, 4) is 0 Å². The van der Waals surface area contributed by atoms with Gasteiger partial charge in [-0.25, -0.2) is 8.42 Å². The van der Waals surface area contributed by atoms with Crippen LogP contribution in [0.5, 0.6) is 0 Å². The van der Waals surface area contributed by atoms with E-state index >= 15 is 0 Å². The van der Waals surface area contributed by atoms with Gasteiger partial charge in [0.2, 0.25) is 11.8 Å². The van der Waals surface area contributed by atoms with Crippen LogP contribution in [0.15, 0.2) is 65.6 Å². The molecule has 10 heteroatoms. The van der Waals surface area contributed by atoms with Crippen molar-refractivity contribution in [1.29, 1.82) is 0 Å². The number of hydrogen-bond acceptors (Lipinski definition) is 4. The quantitative estimate of drug-likeness (QED) is 0.289. The minimum Gasteiger partial charge on any atom is -0.355 e. The molecule has 2 amide bonds. The molecule has 0 aliphatic carbocycles. The van der Waals surface area contributed by atoms with Crippen LogP contribution >= 0.6 is 23.2 Å². The fourth-order valence-electron chi connectivity index (χ4n) is 4.29. The lowest BCUT2D eigenvalue weighted by Crippen LogP contribution is -2.52. The summed E-state index contributed by atoms with van der Waals surface area (Å²) in [4.78, 5) is 28.6. The van der Waals surface area contributed by atoms with Gasteiger partial charge in [-0.15, -0.1) is 0 Å². The summed E-state index contributed by atoms with van der Waals surface area (Å²) in [7, 11) is -4.14. The first kappa shape index (κ1) is 31.5. The van der Waals surface area contributed by atoms with Crippen molar-refractivity contribution in [2.24, 2.45) is 0 Å². The van der Waals surface area contributed by atoms with Crippen LogP contribution in [0.25, 0.3) is 0 Å². The van der Waals surface area contributed by atoms with E-state index in [1.807, 2.05) is 26.8 Å². The van der Waals surface area contributed by atoms with E-state index in [0.717, 1.165) is 21.0 Å². The van der Waals surface area contributed by atoms with E-state index in [4.69, 9.17) is 23.2 Å². The van der Waals surface area contributed by atoms with Crippen LogP contribution in [-0.2, 0) is 26.2 Å². The lowest BCUT2D eigenvalue weighted by Gasteiger charge is -2.33. The second kappa shape index (κ2) is 13.5. The number of carbonyl (C=O) groups excluding carboxylic acids is 2. The molecular formula is C30H35Cl2N3O4S. The number of carbonyl (C=O) groups is 2. The minimum absolute atomic E-state index is 0.00415. The smallest absolute Gasteiger partial charge is 0.264 e. The fraction of sp³-hybridized carbons (Fsp3) is 0.333. The van der Waals surface area contributed by atoms with E-state index in [0.29, 0.717) is 34.3 Å². The van der Waals surface area contributed by atoms with E-state index in [2.05, 4.69) is 5.32 Å². The Hall–Kier alpha value is -3.07. The molecule has 40 heavy (non-hydrogen) atoms. The van der Waals surface area contributed by atoms with Gasteiger partial charge < -0.3 is 10.2 Å². The molecule has 3 rings (SSSR count). The maximum atomic E-state index is 14.1. The average Bonchev–Trinajstić information content (AvgIpc) is 2.90. The van der Waals surface area contributed by atoms with Crippen molar-refractivity contribution in [2.45, 2.75) is 58.5 Å². The number of aryl methyl sites for hydroxylation is 3. The summed E-state index contributed by atoms with van der Waals surface area (Å²) in [5.41, 5.74) is 3.72. The predicted octanol–water partition coefficient (Wildman–Crippen LogP) is 6.06. The maximum Gasteiger partial charge on any atom is 0.264 e. The summed E-state index contributed by atoms with van der Waals surface area (Å²) < 4.78 is 29.0. The van der Waals surface area contributed by atoms with Crippen LogP contribution in [0.1, 0.15) is 42.5 Å². The third kappa shape index (κ3) is 7.36. The summed E-state index contributed by atoms with van der Waals surface area (Å²) in [5.74, 6) is -0.874. The summed E-state index contributed by atoms with van der Waals surface area (Å²) in [5, 5.41) is 3.56. The molecular weight excluding hydrogens is 569 g/mol. The van der Waals surface area contributed by atoms with Crippen LogP contribution < -0.4 is 9.62 Å². The molecule has 1 atom stereocenters. The highest BCUT2D eigenvalue weighted by atomic mass is 35.5. The van der Waals surface area contributed by atoms with Crippen molar-refractivity contribution >= 4 is 50.7 Å². The highest BCUT2D eigenvalue weighted by Crippen LogP contribution is 2.28. The van der Waals surface area contributed by atoms with Crippen LogP contribution in [0.4, 0.5) is 5.69 Å². The molecule has 0 bridgehead atoms. The van der Waals surface area contributed by atoms with Gasteiger partial charge in [0, 0.05) is 23.1 Å². The van der Waals surface area contributed by atoms with Gasteiger partial charge in [-0.3, -0.25) is 13.9 Å². The Morgan fingerprint density at radius 3 is 2.15 bits per heavy atom. The Balaban J connectivity index is 2.10. The molecule has 1 unspecified atom stereocenters. The van der Waals surface area contributed by atoms with Gasteiger partial charge in [0.05, 0.1) is 10.6 Å². The lowest BCUT2D eigenvalue weighted by molar-refractivity contribution is -0.140. The van der Waals surface area contributed by atoms with Gasteiger partial charge >= 0.3 is 0 Å². The molecule has 7 nitrogen and oxygen atoms in total. The zero-order valence-electron chi connectivity index (χ0n) is 23.4. The standard InChI is InChI=1S/C30H35Cl2N3O4S/c1-6-28(30(37)33-7-2)34(18-23-11-12-24(31)17-27(23)32)29(36)19-35(25-13-10-21(4)22(5)16-25)40(38,39)26-14-8-20(3)9-15-26/h8-17,28H,6-7,18-19H2,1-5H3,(H,33,37). The molecule has 214 valence electrons. The Labute approximate surface area is 247 Å². The maximum absolute atomic E-state index is 14.1. The first-order chi connectivity index (χ1) is 18.9. The molecule has 0 saturated heterocycles. The molecule has 0 radical (unpaired) electrons. The van der Waals surface area contributed by atoms with E-state index in [1.54, 1.807) is 56.3 Å². The van der Waals surface area contributed by atoms with Crippen molar-refractivity contribution in [3.05, 3.63) is 93.0 Å². The highest BCUT2D eigenvalue weighted by molar-refractivity contribution is 7.92. The molecule has 0 saturated carbocycles. The number of amides is 2. The molecule has 0 aromatic heterocycles. The fourth-order valence-corrected chi connectivity index (χ4v) is 6.17. The van der Waals surface area contributed by atoms with Crippen molar-refractivity contribution in [2.75, 3.05) is 17.4 Å². The number of nitrogens with one attached hydrogen (secondary N) is 1. The van der Waals surface area contributed by atoms with Crippen molar-refractivity contribution < 1.29 is 18.0 Å². The van der Waals surface area contributed by atoms with Crippen molar-refractivity contribution in [1.82, 2.24) is 10.2 Å². The van der Waals surface area contributed by atoms with Crippen LogP contribution in [0, 0.1) is 20.8 Å². The number of nitrogens with zero attached hydrogens (tertiary/aromatic N) is 2. The molecule has 3 aromatic carbocycles. The number of benzene rings is 3. The largest absolute Gasteiger partial charge is 0.355 e. The SMILES string of the molecule is CCNC(=O)C(CC)N(Cc1ccc(Cl)cc1Cl)C(=O)CN(c1ccc(C)c(C)c1)S(=O)(=O)c1ccc(C)cc1. The zero-order chi connectivity index (χ0) is 29.6. The third-order valence-electron chi connectivity index (χ3n) is 6.76. The van der Waals surface area contributed by atoms with Crippen molar-refractivity contribution in [3.63, 3.8) is 0 Å². The molecule has 0 aliphatic rings. The third-order valence-corrected chi connectivity index (χ3v) is 9.13. The van der Waals surface area contributed by atoms with Gasteiger partial charge in [-0.1, -0.05) is 60.0 Å². The molecule has 3 aromatic rings. The Morgan fingerprint density at radius 2 is 1.57 bits per heavy atom. The molecule has 0 spiro atoms. The van der Waals surface area contributed by atoms with E-state index in [-0.39, 0.29) is 17.3 Å². The molecule has 1 N–H and O–H groups in total. The molecule has 0 fully saturated rings. The first-order valence-electron chi connectivity index (χ1n) is 13.1. The normalized spacial score (nSPS) is 12.1. The predicted molar refractivity (Wildman–Crippen MR) is 161 cm³/mol. The van der Waals surface area contributed by atoms with Crippen LogP contribution in [-0.4, -0.2) is 44.3 Å². The average molecular weight is 605 g/mol. The Kier molecular flexibility index (Phi) is 10.6. The van der Waals surface area contributed by atoms with Crippen LogP contribution in [0.2, 0.25) is 10.0 Å². The van der Waals surface area contributed by atoms with Gasteiger partial charge in [0.1, 0.15) is 12.6 Å². The monoisotopic (exact) mass is 603 g/mol. The Bertz CT molecular complexity index is 1480. The van der Waals surface area contributed by atoms with Crippen LogP contribution in [0.3, 0.4) is 0 Å². The zero-order valence-corrected chi connectivity index (χ0v) is 25.7. The minimum atomic E-state index is -4.14. The van der Waals surface area contributed by atoms with E-state index < -0.39 is 28.5 Å². The van der Waals surface area contributed by atoms with Gasteiger partial charge in [-0.05, 0) is 87.2 Å². The van der Waals surface area contributed by atoms with Gasteiger partial charge in [-0.2, -0.15) is 0 Å². The summed E-state index contributed by atoms with van der Waals surface area (Å²) in [6, 6.07) is 15.8. The number of sulfonamides is 1. The summed E-state index contributed by atoms with van der Waals surface area (Å²) >= 11 is 12.5.